The molecule has 0 saturated carbocycles. The Hall–Kier alpha value is -3.60. The second-order valence-electron chi connectivity index (χ2n) is 6.02. The third-order valence-electron chi connectivity index (χ3n) is 4.41. The number of halogens is 1. The van der Waals surface area contributed by atoms with E-state index in [1.165, 1.54) is 18.4 Å². The summed E-state index contributed by atoms with van der Waals surface area (Å²) in [5, 5.41) is 9.34. The van der Waals surface area contributed by atoms with Gasteiger partial charge in [-0.3, -0.25) is 4.79 Å². The van der Waals surface area contributed by atoms with Crippen LogP contribution >= 0.6 is 0 Å². The highest BCUT2D eigenvalue weighted by atomic mass is 19.1. The number of hydrogen-bond donors (Lipinski definition) is 0. The van der Waals surface area contributed by atoms with Gasteiger partial charge >= 0.3 is 0 Å². The maximum atomic E-state index is 13.8. The molecular weight excluding hydrogens is 351 g/mol. The lowest BCUT2D eigenvalue weighted by Crippen LogP contribution is -2.49. The first kappa shape index (κ1) is 16.8. The van der Waals surface area contributed by atoms with Gasteiger partial charge in [-0.25, -0.2) is 4.39 Å². The normalized spacial score (nSPS) is 14.2. The molecule has 4 rings (SSSR count). The van der Waals surface area contributed by atoms with Gasteiger partial charge in [0.1, 0.15) is 11.9 Å². The number of benzene rings is 1. The van der Waals surface area contributed by atoms with E-state index in [1.807, 2.05) is 11.0 Å². The number of furan rings is 1. The number of nitriles is 1. The minimum atomic E-state index is -0.532. The van der Waals surface area contributed by atoms with Gasteiger partial charge in [-0.1, -0.05) is 12.1 Å². The summed E-state index contributed by atoms with van der Waals surface area (Å²) >= 11 is 0. The first-order valence-corrected chi connectivity index (χ1v) is 8.41. The molecule has 0 atom stereocenters. The average Bonchev–Trinajstić information content (AvgIpc) is 3.37. The van der Waals surface area contributed by atoms with E-state index in [2.05, 4.69) is 4.98 Å². The topological polar surface area (TPSA) is 86.5 Å². The average molecular weight is 366 g/mol. The van der Waals surface area contributed by atoms with E-state index in [0.717, 1.165) is 0 Å². The molecule has 27 heavy (non-hydrogen) atoms. The zero-order valence-electron chi connectivity index (χ0n) is 14.3. The predicted molar refractivity (Wildman–Crippen MR) is 93.4 cm³/mol. The number of nitrogens with zero attached hydrogens (tertiary/aromatic N) is 4. The van der Waals surface area contributed by atoms with E-state index in [0.29, 0.717) is 37.8 Å². The molecule has 2 aromatic heterocycles. The summed E-state index contributed by atoms with van der Waals surface area (Å²) in [6.45, 7) is 1.66. The van der Waals surface area contributed by atoms with Gasteiger partial charge in [0.2, 0.25) is 11.6 Å². The van der Waals surface area contributed by atoms with Crippen LogP contribution in [-0.2, 0) is 0 Å². The molecule has 1 aliphatic heterocycles. The molecule has 3 aromatic rings. The van der Waals surface area contributed by atoms with E-state index in [-0.39, 0.29) is 23.1 Å². The highest BCUT2D eigenvalue weighted by molar-refractivity contribution is 5.94. The molecule has 7 nitrogen and oxygen atoms in total. The number of amides is 1. The summed E-state index contributed by atoms with van der Waals surface area (Å²) in [6, 6.07) is 11.4. The van der Waals surface area contributed by atoms with Gasteiger partial charge < -0.3 is 18.6 Å². The van der Waals surface area contributed by atoms with Crippen LogP contribution in [0.15, 0.2) is 51.5 Å². The van der Waals surface area contributed by atoms with Gasteiger partial charge in [0.25, 0.3) is 11.8 Å². The second kappa shape index (κ2) is 6.96. The van der Waals surface area contributed by atoms with Gasteiger partial charge in [0.15, 0.2) is 5.76 Å². The molecule has 1 fully saturated rings. The van der Waals surface area contributed by atoms with Crippen LogP contribution in [-0.4, -0.2) is 42.0 Å². The quantitative estimate of drug-likeness (QED) is 0.708. The van der Waals surface area contributed by atoms with Crippen molar-refractivity contribution in [1.82, 2.24) is 9.88 Å². The number of carbonyl (C=O) groups excluding carboxylic acids is 1. The van der Waals surface area contributed by atoms with Crippen molar-refractivity contribution in [3.63, 3.8) is 0 Å². The van der Waals surface area contributed by atoms with E-state index in [1.54, 1.807) is 29.2 Å². The van der Waals surface area contributed by atoms with Crippen LogP contribution in [0.1, 0.15) is 16.1 Å². The Balaban J connectivity index is 1.49. The highest BCUT2D eigenvalue weighted by Crippen LogP contribution is 2.29. The summed E-state index contributed by atoms with van der Waals surface area (Å²) in [7, 11) is 0. The molecule has 1 aromatic carbocycles. The van der Waals surface area contributed by atoms with Crippen LogP contribution in [0.4, 0.5) is 10.3 Å². The smallest absolute Gasteiger partial charge is 0.266 e. The SMILES string of the molecule is N#Cc1nc(-c2ccco2)oc1N1CCN(C(=O)c2ccccc2F)CC1. The summed E-state index contributed by atoms with van der Waals surface area (Å²) < 4.78 is 24.8. The van der Waals surface area contributed by atoms with Crippen molar-refractivity contribution in [2.75, 3.05) is 31.1 Å². The van der Waals surface area contributed by atoms with Crippen molar-refractivity contribution in [3.8, 4) is 17.7 Å². The maximum absolute atomic E-state index is 13.8. The van der Waals surface area contributed by atoms with E-state index in [9.17, 15) is 14.4 Å². The summed E-state index contributed by atoms with van der Waals surface area (Å²) in [5.74, 6) is 0.140. The van der Waals surface area contributed by atoms with Crippen molar-refractivity contribution in [3.05, 3.63) is 59.7 Å². The molecule has 0 N–H and O–H groups in total. The zero-order valence-corrected chi connectivity index (χ0v) is 14.3. The van der Waals surface area contributed by atoms with Crippen molar-refractivity contribution in [1.29, 1.82) is 5.26 Å². The maximum Gasteiger partial charge on any atom is 0.266 e. The molecule has 1 saturated heterocycles. The molecule has 0 aliphatic carbocycles. The van der Waals surface area contributed by atoms with Crippen LogP contribution in [0, 0.1) is 17.1 Å². The Morgan fingerprint density at radius 1 is 1.15 bits per heavy atom. The number of piperazine rings is 1. The zero-order chi connectivity index (χ0) is 18.8. The van der Waals surface area contributed by atoms with Crippen LogP contribution < -0.4 is 4.90 Å². The molecule has 1 amide bonds. The number of aromatic nitrogens is 1. The van der Waals surface area contributed by atoms with Crippen molar-refractivity contribution in [2.24, 2.45) is 0 Å². The van der Waals surface area contributed by atoms with Crippen molar-refractivity contribution in [2.45, 2.75) is 0 Å². The summed E-state index contributed by atoms with van der Waals surface area (Å²) in [6.07, 6.45) is 1.50. The Labute approximate surface area is 154 Å². The first-order valence-electron chi connectivity index (χ1n) is 8.41. The summed E-state index contributed by atoms with van der Waals surface area (Å²) in [4.78, 5) is 20.1. The molecule has 3 heterocycles. The van der Waals surface area contributed by atoms with Gasteiger partial charge in [-0.05, 0) is 24.3 Å². The lowest BCUT2D eigenvalue weighted by Gasteiger charge is -2.34. The minimum Gasteiger partial charge on any atom is -0.459 e. The standard InChI is InChI=1S/C19H15FN4O3/c20-14-5-2-1-4-13(14)18(25)23-7-9-24(10-8-23)19-15(12-21)22-17(27-19)16-6-3-11-26-16/h1-6,11H,7-10H2. The molecule has 1 aliphatic rings. The fourth-order valence-corrected chi connectivity index (χ4v) is 3.02. The monoisotopic (exact) mass is 366 g/mol. The molecular formula is C19H15FN4O3. The van der Waals surface area contributed by atoms with Crippen LogP contribution in [0.3, 0.4) is 0 Å². The third kappa shape index (κ3) is 3.15. The number of anilines is 1. The van der Waals surface area contributed by atoms with Crippen LogP contribution in [0.5, 0.6) is 0 Å². The fourth-order valence-electron chi connectivity index (χ4n) is 3.02. The van der Waals surface area contributed by atoms with Gasteiger partial charge in [-0.2, -0.15) is 10.2 Å². The second-order valence-corrected chi connectivity index (χ2v) is 6.02. The van der Waals surface area contributed by atoms with Gasteiger partial charge in [-0.15, -0.1) is 0 Å². The number of rotatable bonds is 3. The molecule has 136 valence electrons. The Morgan fingerprint density at radius 3 is 2.59 bits per heavy atom. The lowest BCUT2D eigenvalue weighted by atomic mass is 10.1. The van der Waals surface area contributed by atoms with E-state index < -0.39 is 5.82 Å². The number of carbonyl (C=O) groups is 1. The van der Waals surface area contributed by atoms with Crippen LogP contribution in [0.2, 0.25) is 0 Å². The Kier molecular flexibility index (Phi) is 4.34. The first-order chi connectivity index (χ1) is 13.2. The molecule has 0 spiro atoms. The van der Waals surface area contributed by atoms with E-state index in [4.69, 9.17) is 8.83 Å². The Bertz CT molecular complexity index is 998. The van der Waals surface area contributed by atoms with Crippen molar-refractivity contribution < 1.29 is 18.0 Å². The molecule has 8 heteroatoms. The lowest BCUT2D eigenvalue weighted by molar-refractivity contribution is 0.0740. The predicted octanol–water partition coefficient (Wildman–Crippen LogP) is 2.91. The molecule has 0 radical (unpaired) electrons. The minimum absolute atomic E-state index is 0.0587. The highest BCUT2D eigenvalue weighted by Gasteiger charge is 2.28. The van der Waals surface area contributed by atoms with Crippen molar-refractivity contribution >= 4 is 11.8 Å². The van der Waals surface area contributed by atoms with E-state index >= 15 is 0 Å². The third-order valence-corrected chi connectivity index (χ3v) is 4.41. The van der Waals surface area contributed by atoms with Crippen LogP contribution in [0.25, 0.3) is 11.7 Å². The fraction of sp³-hybridized carbons (Fsp3) is 0.211. The Morgan fingerprint density at radius 2 is 1.93 bits per heavy atom. The largest absolute Gasteiger partial charge is 0.459 e. The molecule has 0 unspecified atom stereocenters. The number of hydrogen-bond acceptors (Lipinski definition) is 6. The number of oxazole rings is 1. The molecule has 0 bridgehead atoms. The van der Waals surface area contributed by atoms with Gasteiger partial charge in [0, 0.05) is 26.2 Å². The summed E-state index contributed by atoms with van der Waals surface area (Å²) in [5.41, 5.74) is 0.221. The van der Waals surface area contributed by atoms with Gasteiger partial charge in [0.05, 0.1) is 11.8 Å².